The van der Waals surface area contributed by atoms with Crippen molar-refractivity contribution < 1.29 is 8.42 Å². The maximum atomic E-state index is 12.5. The molecular weight excluding hydrogens is 262 g/mol. The van der Waals surface area contributed by atoms with Gasteiger partial charge >= 0.3 is 0 Å². The third-order valence-corrected chi connectivity index (χ3v) is 5.28. The van der Waals surface area contributed by atoms with Crippen molar-refractivity contribution in [3.63, 3.8) is 0 Å². The van der Waals surface area contributed by atoms with Crippen LogP contribution in [0.2, 0.25) is 0 Å². The molecule has 0 amide bonds. The number of rotatable bonds is 10. The Balaban J connectivity index is 2.55. The van der Waals surface area contributed by atoms with Gasteiger partial charge in [-0.25, -0.2) is 0 Å². The van der Waals surface area contributed by atoms with Gasteiger partial charge in [0.25, 0.3) is 10.2 Å². The van der Waals surface area contributed by atoms with Crippen molar-refractivity contribution in [2.75, 3.05) is 33.2 Å². The molecule has 114 valence electrons. The summed E-state index contributed by atoms with van der Waals surface area (Å²) in [7, 11) is -1.59. The molecule has 6 heteroatoms. The molecule has 0 radical (unpaired) electrons. The zero-order chi connectivity index (χ0) is 14.5. The summed E-state index contributed by atoms with van der Waals surface area (Å²) in [4.78, 5) is 0. The lowest BCUT2D eigenvalue weighted by atomic mass is 10.2. The fourth-order valence-corrected chi connectivity index (χ4v) is 3.84. The van der Waals surface area contributed by atoms with Crippen molar-refractivity contribution in [3.05, 3.63) is 0 Å². The molecule has 1 N–H and O–H groups in total. The summed E-state index contributed by atoms with van der Waals surface area (Å²) in [5.41, 5.74) is 0. The first kappa shape index (κ1) is 16.9. The lowest BCUT2D eigenvalue weighted by molar-refractivity contribution is 0.323. The lowest BCUT2D eigenvalue weighted by Gasteiger charge is -2.28. The Bertz CT molecular complexity index is 353. The average Bonchev–Trinajstić information content (AvgIpc) is 3.15. The smallest absolute Gasteiger partial charge is 0.281 e. The molecule has 0 aliphatic heterocycles. The molecule has 0 aromatic rings. The minimum Gasteiger partial charge on any atom is -0.317 e. The van der Waals surface area contributed by atoms with Gasteiger partial charge in [-0.2, -0.15) is 17.0 Å². The summed E-state index contributed by atoms with van der Waals surface area (Å²) in [6, 6.07) is 0.239. The standard InChI is InChI=1S/C13H29N3O2S/c1-5-14-9-6-10-15(4)19(17,18)16(11-12(2)3)13-7-8-13/h12-14H,5-11H2,1-4H3. The van der Waals surface area contributed by atoms with E-state index in [2.05, 4.69) is 26.1 Å². The summed E-state index contributed by atoms with van der Waals surface area (Å²) in [5.74, 6) is 0.366. The third kappa shape index (κ3) is 5.38. The molecule has 1 aliphatic carbocycles. The van der Waals surface area contributed by atoms with Crippen LogP contribution in [0.15, 0.2) is 0 Å². The quantitative estimate of drug-likeness (QED) is 0.617. The van der Waals surface area contributed by atoms with E-state index in [-0.39, 0.29) is 6.04 Å². The number of nitrogens with zero attached hydrogens (tertiary/aromatic N) is 2. The first-order valence-corrected chi connectivity index (χ1v) is 8.73. The summed E-state index contributed by atoms with van der Waals surface area (Å²) in [5, 5.41) is 3.22. The first-order chi connectivity index (χ1) is 8.89. The van der Waals surface area contributed by atoms with Crippen molar-refractivity contribution >= 4 is 10.2 Å². The van der Waals surface area contributed by atoms with Gasteiger partial charge in [-0.1, -0.05) is 20.8 Å². The Hall–Kier alpha value is -0.170. The highest BCUT2D eigenvalue weighted by molar-refractivity contribution is 7.86. The van der Waals surface area contributed by atoms with Gasteiger partial charge in [0.1, 0.15) is 0 Å². The molecule has 5 nitrogen and oxygen atoms in total. The van der Waals surface area contributed by atoms with Gasteiger partial charge in [-0.3, -0.25) is 0 Å². The maximum absolute atomic E-state index is 12.5. The maximum Gasteiger partial charge on any atom is 0.281 e. The van der Waals surface area contributed by atoms with Crippen LogP contribution in [0.25, 0.3) is 0 Å². The van der Waals surface area contributed by atoms with Gasteiger partial charge < -0.3 is 5.32 Å². The van der Waals surface area contributed by atoms with Crippen LogP contribution in [-0.4, -0.2) is 56.3 Å². The molecule has 0 heterocycles. The van der Waals surface area contributed by atoms with E-state index < -0.39 is 10.2 Å². The minimum atomic E-state index is -3.28. The predicted molar refractivity (Wildman–Crippen MR) is 79.3 cm³/mol. The molecule has 1 fully saturated rings. The van der Waals surface area contributed by atoms with Crippen LogP contribution in [0.5, 0.6) is 0 Å². The Morgan fingerprint density at radius 1 is 1.32 bits per heavy atom. The first-order valence-electron chi connectivity index (χ1n) is 7.33. The Kier molecular flexibility index (Phi) is 6.73. The molecule has 0 aromatic carbocycles. The largest absolute Gasteiger partial charge is 0.317 e. The summed E-state index contributed by atoms with van der Waals surface area (Å²) >= 11 is 0. The summed E-state index contributed by atoms with van der Waals surface area (Å²) < 4.78 is 28.3. The lowest BCUT2D eigenvalue weighted by Crippen LogP contribution is -2.45. The second-order valence-corrected chi connectivity index (χ2v) is 7.72. The predicted octanol–water partition coefficient (Wildman–Crippen LogP) is 1.28. The minimum absolute atomic E-state index is 0.239. The second-order valence-electron chi connectivity index (χ2n) is 5.73. The molecule has 0 atom stereocenters. The average molecular weight is 291 g/mol. The molecular formula is C13H29N3O2S. The molecule has 0 saturated heterocycles. The van der Waals surface area contributed by atoms with Gasteiger partial charge in [-0.15, -0.1) is 0 Å². The van der Waals surface area contributed by atoms with E-state index in [1.807, 2.05) is 0 Å². The monoisotopic (exact) mass is 291 g/mol. The zero-order valence-electron chi connectivity index (χ0n) is 12.7. The van der Waals surface area contributed by atoms with Crippen LogP contribution < -0.4 is 5.32 Å². The van der Waals surface area contributed by atoms with E-state index in [9.17, 15) is 8.42 Å². The molecule has 0 bridgehead atoms. The van der Waals surface area contributed by atoms with Crippen molar-refractivity contribution in [3.8, 4) is 0 Å². The van der Waals surface area contributed by atoms with Gasteiger partial charge in [-0.05, 0) is 38.3 Å². The van der Waals surface area contributed by atoms with Crippen molar-refractivity contribution in [1.29, 1.82) is 0 Å². The van der Waals surface area contributed by atoms with Crippen molar-refractivity contribution in [2.24, 2.45) is 5.92 Å². The fraction of sp³-hybridized carbons (Fsp3) is 1.00. The van der Waals surface area contributed by atoms with Crippen LogP contribution in [0.1, 0.15) is 40.0 Å². The molecule has 0 aromatic heterocycles. The number of hydrogen-bond donors (Lipinski definition) is 1. The number of nitrogens with one attached hydrogen (secondary N) is 1. The molecule has 0 spiro atoms. The van der Waals surface area contributed by atoms with E-state index in [1.54, 1.807) is 11.4 Å². The molecule has 1 rings (SSSR count). The number of hydrogen-bond acceptors (Lipinski definition) is 3. The molecule has 1 aliphatic rings. The highest BCUT2D eigenvalue weighted by Gasteiger charge is 2.39. The molecule has 1 saturated carbocycles. The van der Waals surface area contributed by atoms with Crippen LogP contribution in [0.4, 0.5) is 0 Å². The van der Waals surface area contributed by atoms with Crippen LogP contribution in [0, 0.1) is 5.92 Å². The summed E-state index contributed by atoms with van der Waals surface area (Å²) in [6.45, 7) is 9.19. The highest BCUT2D eigenvalue weighted by atomic mass is 32.2. The second kappa shape index (κ2) is 7.57. The van der Waals surface area contributed by atoms with E-state index in [4.69, 9.17) is 0 Å². The van der Waals surface area contributed by atoms with Crippen LogP contribution in [0.3, 0.4) is 0 Å². The van der Waals surface area contributed by atoms with Crippen LogP contribution in [-0.2, 0) is 10.2 Å². The van der Waals surface area contributed by atoms with Crippen molar-refractivity contribution in [1.82, 2.24) is 13.9 Å². The van der Waals surface area contributed by atoms with E-state index in [1.165, 1.54) is 4.31 Å². The van der Waals surface area contributed by atoms with Gasteiger partial charge in [0, 0.05) is 26.2 Å². The Morgan fingerprint density at radius 3 is 2.42 bits per heavy atom. The van der Waals surface area contributed by atoms with Gasteiger partial charge in [0.05, 0.1) is 0 Å². The third-order valence-electron chi connectivity index (χ3n) is 3.27. The fourth-order valence-electron chi connectivity index (χ4n) is 2.05. The van der Waals surface area contributed by atoms with Gasteiger partial charge in [0.2, 0.25) is 0 Å². The van der Waals surface area contributed by atoms with E-state index >= 15 is 0 Å². The van der Waals surface area contributed by atoms with Crippen LogP contribution >= 0.6 is 0 Å². The summed E-state index contributed by atoms with van der Waals surface area (Å²) in [6.07, 6.45) is 2.87. The topological polar surface area (TPSA) is 52.7 Å². The molecule has 0 unspecified atom stereocenters. The van der Waals surface area contributed by atoms with E-state index in [0.29, 0.717) is 19.0 Å². The van der Waals surface area contributed by atoms with Crippen molar-refractivity contribution in [2.45, 2.75) is 46.1 Å². The molecule has 19 heavy (non-hydrogen) atoms. The Morgan fingerprint density at radius 2 is 1.95 bits per heavy atom. The van der Waals surface area contributed by atoms with Gasteiger partial charge in [0.15, 0.2) is 0 Å². The Labute approximate surface area is 118 Å². The SMILES string of the molecule is CCNCCCN(C)S(=O)(=O)N(CC(C)C)C1CC1. The normalized spacial score (nSPS) is 16.8. The van der Waals surface area contributed by atoms with E-state index in [0.717, 1.165) is 32.4 Å². The highest BCUT2D eigenvalue weighted by Crippen LogP contribution is 2.30. The zero-order valence-corrected chi connectivity index (χ0v) is 13.5.